The maximum absolute atomic E-state index is 12.6. The second kappa shape index (κ2) is 10.7. The summed E-state index contributed by atoms with van der Waals surface area (Å²) >= 11 is 0. The second-order valence-corrected chi connectivity index (χ2v) is 7.51. The lowest BCUT2D eigenvalue weighted by atomic mass is 10.1. The van der Waals surface area contributed by atoms with Crippen molar-refractivity contribution in [3.05, 3.63) is 108 Å². The maximum atomic E-state index is 12.6. The van der Waals surface area contributed by atoms with Crippen LogP contribution in [0.4, 0.5) is 0 Å². The van der Waals surface area contributed by atoms with Crippen molar-refractivity contribution in [1.82, 2.24) is 0 Å². The van der Waals surface area contributed by atoms with Gasteiger partial charge in [-0.05, 0) is 36.4 Å². The largest absolute Gasteiger partial charge is 0.459 e. The molecule has 1 N–H and O–H groups in total. The van der Waals surface area contributed by atoms with Gasteiger partial charge >= 0.3 is 17.9 Å². The van der Waals surface area contributed by atoms with Crippen LogP contribution < -0.4 is 0 Å². The molecule has 0 aromatic heterocycles. The first kappa shape index (κ1) is 23.2. The van der Waals surface area contributed by atoms with Crippen molar-refractivity contribution >= 4 is 17.9 Å². The summed E-state index contributed by atoms with van der Waals surface area (Å²) in [5.41, 5.74) is 0.848. The molecule has 0 unspecified atom stereocenters. The number of aliphatic hydroxyl groups excluding tert-OH is 1. The van der Waals surface area contributed by atoms with Gasteiger partial charge in [-0.15, -0.1) is 0 Å². The first-order valence-corrected chi connectivity index (χ1v) is 10.6. The molecule has 1 aliphatic rings. The number of aliphatic hydroxyl groups is 1. The van der Waals surface area contributed by atoms with Crippen molar-refractivity contribution < 1.29 is 38.4 Å². The molecule has 1 aliphatic heterocycles. The number of hydrogen-bond acceptors (Lipinski definition) is 8. The average molecular weight is 462 g/mol. The predicted octanol–water partition coefficient (Wildman–Crippen LogP) is 3.01. The highest BCUT2D eigenvalue weighted by molar-refractivity contribution is 5.90. The lowest BCUT2D eigenvalue weighted by molar-refractivity contribution is -0.139. The summed E-state index contributed by atoms with van der Waals surface area (Å²) in [5.74, 6) is -2.04. The minimum Gasteiger partial charge on any atom is -0.459 e. The highest BCUT2D eigenvalue weighted by Gasteiger charge is 2.49. The smallest absolute Gasteiger partial charge is 0.340 e. The number of carbonyl (C=O) groups is 3. The SMILES string of the molecule is O=C(OC[C@@H]1O[C@H](OC(=O)c2ccccc2)[C@H](O)[C@H]1OC(=O)c1ccccc1)c1ccccc1. The predicted molar refractivity (Wildman–Crippen MR) is 119 cm³/mol. The maximum Gasteiger partial charge on any atom is 0.340 e. The molecule has 3 aromatic rings. The molecule has 0 aliphatic carbocycles. The zero-order chi connectivity index (χ0) is 23.9. The molecule has 0 saturated carbocycles. The van der Waals surface area contributed by atoms with Crippen LogP contribution in [0.2, 0.25) is 0 Å². The Labute approximate surface area is 195 Å². The number of esters is 3. The van der Waals surface area contributed by atoms with Crippen LogP contribution in [0.3, 0.4) is 0 Å². The fourth-order valence-electron chi connectivity index (χ4n) is 3.41. The van der Waals surface area contributed by atoms with E-state index in [1.807, 2.05) is 0 Å². The van der Waals surface area contributed by atoms with Crippen molar-refractivity contribution in [3.8, 4) is 0 Å². The first-order valence-electron chi connectivity index (χ1n) is 10.6. The molecule has 0 bridgehead atoms. The molecule has 1 heterocycles. The van der Waals surface area contributed by atoms with E-state index in [1.165, 1.54) is 0 Å². The molecule has 0 radical (unpaired) electrons. The molecule has 0 amide bonds. The molecule has 4 atom stereocenters. The van der Waals surface area contributed by atoms with Crippen LogP contribution in [0.25, 0.3) is 0 Å². The van der Waals surface area contributed by atoms with Gasteiger partial charge in [-0.2, -0.15) is 0 Å². The molecule has 8 heteroatoms. The van der Waals surface area contributed by atoms with E-state index >= 15 is 0 Å². The molecular weight excluding hydrogens is 440 g/mol. The van der Waals surface area contributed by atoms with E-state index in [1.54, 1.807) is 91.0 Å². The van der Waals surface area contributed by atoms with Crippen LogP contribution in [-0.2, 0) is 18.9 Å². The van der Waals surface area contributed by atoms with Gasteiger partial charge in [-0.1, -0.05) is 54.6 Å². The van der Waals surface area contributed by atoms with Gasteiger partial charge in [-0.25, -0.2) is 14.4 Å². The van der Waals surface area contributed by atoms with Crippen LogP contribution in [0.15, 0.2) is 91.0 Å². The second-order valence-electron chi connectivity index (χ2n) is 7.51. The van der Waals surface area contributed by atoms with Crippen LogP contribution in [0, 0.1) is 0 Å². The summed E-state index contributed by atoms with van der Waals surface area (Å²) in [7, 11) is 0. The standard InChI is InChI=1S/C26H22O8/c27-21-22(33-24(29)18-12-6-2-7-13-18)20(16-31-23(28)17-10-4-1-5-11-17)32-26(21)34-25(30)19-14-8-3-9-15-19/h1-15,20-22,26-27H,16H2/t20-,21+,22-,26+/m0/s1. The fourth-order valence-corrected chi connectivity index (χ4v) is 3.41. The summed E-state index contributed by atoms with van der Waals surface area (Å²) in [6.07, 6.45) is -5.24. The van der Waals surface area contributed by atoms with Gasteiger partial charge in [0.1, 0.15) is 12.7 Å². The quantitative estimate of drug-likeness (QED) is 0.422. The molecule has 174 valence electrons. The van der Waals surface area contributed by atoms with Gasteiger partial charge in [0.2, 0.25) is 6.29 Å². The van der Waals surface area contributed by atoms with Gasteiger partial charge in [0.15, 0.2) is 12.2 Å². The zero-order valence-electron chi connectivity index (χ0n) is 18.0. The Kier molecular flexibility index (Phi) is 7.31. The third-order valence-corrected chi connectivity index (χ3v) is 5.16. The van der Waals surface area contributed by atoms with Gasteiger partial charge in [0, 0.05) is 0 Å². The molecule has 34 heavy (non-hydrogen) atoms. The molecule has 8 nitrogen and oxygen atoms in total. The Morgan fingerprint density at radius 1 is 0.676 bits per heavy atom. The van der Waals surface area contributed by atoms with E-state index in [2.05, 4.69) is 0 Å². The van der Waals surface area contributed by atoms with Crippen LogP contribution >= 0.6 is 0 Å². The van der Waals surface area contributed by atoms with E-state index < -0.39 is 42.5 Å². The highest BCUT2D eigenvalue weighted by atomic mass is 16.7. The number of ether oxygens (including phenoxy) is 4. The summed E-state index contributed by atoms with van der Waals surface area (Å²) in [6, 6.07) is 24.7. The third kappa shape index (κ3) is 5.48. The van der Waals surface area contributed by atoms with E-state index in [0.29, 0.717) is 5.56 Å². The normalized spacial score (nSPS) is 21.4. The van der Waals surface area contributed by atoms with Gasteiger partial charge < -0.3 is 24.1 Å². The van der Waals surface area contributed by atoms with Crippen molar-refractivity contribution in [2.45, 2.75) is 24.6 Å². The van der Waals surface area contributed by atoms with Crippen LogP contribution in [-0.4, -0.2) is 54.2 Å². The summed E-state index contributed by atoms with van der Waals surface area (Å²) < 4.78 is 21.8. The van der Waals surface area contributed by atoms with E-state index in [4.69, 9.17) is 18.9 Å². The van der Waals surface area contributed by atoms with Crippen molar-refractivity contribution in [2.75, 3.05) is 6.61 Å². The average Bonchev–Trinajstić information content (AvgIpc) is 3.17. The van der Waals surface area contributed by atoms with Crippen LogP contribution in [0.5, 0.6) is 0 Å². The Morgan fingerprint density at radius 2 is 1.12 bits per heavy atom. The summed E-state index contributed by atoms with van der Waals surface area (Å²) in [4.78, 5) is 37.4. The lowest BCUT2D eigenvalue weighted by Gasteiger charge is -2.20. The topological polar surface area (TPSA) is 108 Å². The van der Waals surface area contributed by atoms with Crippen molar-refractivity contribution in [3.63, 3.8) is 0 Å². The molecule has 1 saturated heterocycles. The lowest BCUT2D eigenvalue weighted by Crippen LogP contribution is -2.40. The van der Waals surface area contributed by atoms with Crippen molar-refractivity contribution in [1.29, 1.82) is 0 Å². The third-order valence-electron chi connectivity index (χ3n) is 5.16. The van der Waals surface area contributed by atoms with Gasteiger partial charge in [-0.3, -0.25) is 0 Å². The fraction of sp³-hybridized carbons (Fsp3) is 0.192. The number of benzene rings is 3. The Hall–Kier alpha value is -4.01. The zero-order valence-corrected chi connectivity index (χ0v) is 18.0. The Balaban J connectivity index is 1.47. The molecule has 1 fully saturated rings. The minimum absolute atomic E-state index is 0.259. The van der Waals surface area contributed by atoms with Crippen molar-refractivity contribution in [2.24, 2.45) is 0 Å². The highest BCUT2D eigenvalue weighted by Crippen LogP contribution is 2.27. The Bertz CT molecular complexity index is 1120. The molecule has 3 aromatic carbocycles. The first-order chi connectivity index (χ1) is 16.5. The summed E-state index contributed by atoms with van der Waals surface area (Å²) in [6.45, 7) is -0.336. The summed E-state index contributed by atoms with van der Waals surface area (Å²) in [5, 5.41) is 10.8. The van der Waals surface area contributed by atoms with E-state index in [9.17, 15) is 19.5 Å². The number of hydrogen-bond donors (Lipinski definition) is 1. The van der Waals surface area contributed by atoms with Gasteiger partial charge in [0.25, 0.3) is 0 Å². The van der Waals surface area contributed by atoms with Crippen LogP contribution in [0.1, 0.15) is 31.1 Å². The van der Waals surface area contributed by atoms with E-state index in [0.717, 1.165) is 0 Å². The molecule has 4 rings (SSSR count). The number of rotatable bonds is 7. The van der Waals surface area contributed by atoms with Gasteiger partial charge in [0.05, 0.1) is 16.7 Å². The monoisotopic (exact) mass is 462 g/mol. The molecule has 0 spiro atoms. The number of carbonyl (C=O) groups excluding carboxylic acids is 3. The molecular formula is C26H22O8. The Morgan fingerprint density at radius 3 is 1.62 bits per heavy atom. The minimum atomic E-state index is -1.50. The van der Waals surface area contributed by atoms with E-state index in [-0.39, 0.29) is 17.7 Å².